The molecule has 0 amide bonds. The first kappa shape index (κ1) is 21.6. The third-order valence-electron chi connectivity index (χ3n) is 6.77. The second-order valence-electron chi connectivity index (χ2n) is 8.70. The third-order valence-corrected chi connectivity index (χ3v) is 7.51. The van der Waals surface area contributed by atoms with Gasteiger partial charge in [0.1, 0.15) is 12.1 Å². The molecule has 1 unspecified atom stereocenters. The Labute approximate surface area is 197 Å². The van der Waals surface area contributed by atoms with E-state index < -0.39 is 0 Å². The van der Waals surface area contributed by atoms with E-state index in [1.54, 1.807) is 19.2 Å². The van der Waals surface area contributed by atoms with Crippen molar-refractivity contribution in [1.29, 1.82) is 0 Å². The molecule has 2 aliphatic heterocycles. The Morgan fingerprint density at radius 3 is 2.53 bits per heavy atom. The Hall–Kier alpha value is -2.28. The molecule has 2 aromatic carbocycles. The highest BCUT2D eigenvalue weighted by Gasteiger charge is 2.38. The van der Waals surface area contributed by atoms with Crippen molar-refractivity contribution >= 4 is 45.6 Å². The number of piperidine rings is 1. The van der Waals surface area contributed by atoms with E-state index in [4.69, 9.17) is 32.7 Å². The summed E-state index contributed by atoms with van der Waals surface area (Å²) in [6, 6.07) is 10.6. The van der Waals surface area contributed by atoms with Crippen LogP contribution in [0.3, 0.4) is 0 Å². The fourth-order valence-electron chi connectivity index (χ4n) is 5.01. The highest BCUT2D eigenvalue weighted by Crippen LogP contribution is 2.39. The molecule has 3 aromatic rings. The number of rotatable bonds is 6. The molecule has 8 heteroatoms. The topological polar surface area (TPSA) is 59.5 Å². The van der Waals surface area contributed by atoms with E-state index in [-0.39, 0.29) is 0 Å². The summed E-state index contributed by atoms with van der Waals surface area (Å²) < 4.78 is 11.9. The van der Waals surface area contributed by atoms with Crippen molar-refractivity contribution in [1.82, 2.24) is 14.9 Å². The number of hydrogen-bond acceptors (Lipinski definition) is 6. The minimum absolute atomic E-state index is 0.477. The molecule has 1 aromatic heterocycles. The highest BCUT2D eigenvalue weighted by atomic mass is 35.5. The molecule has 32 heavy (non-hydrogen) atoms. The lowest BCUT2D eigenvalue weighted by molar-refractivity contribution is 0.101. The van der Waals surface area contributed by atoms with Gasteiger partial charge >= 0.3 is 0 Å². The minimum Gasteiger partial charge on any atom is -0.493 e. The number of anilines is 2. The van der Waals surface area contributed by atoms with E-state index in [1.165, 1.54) is 32.0 Å². The van der Waals surface area contributed by atoms with Gasteiger partial charge in [-0.2, -0.15) is 0 Å². The second-order valence-corrected chi connectivity index (χ2v) is 9.51. The summed E-state index contributed by atoms with van der Waals surface area (Å²) in [6.45, 7) is 0.697. The zero-order valence-electron chi connectivity index (χ0n) is 18.1. The predicted octanol–water partition coefficient (Wildman–Crippen LogP) is 5.94. The maximum Gasteiger partial charge on any atom is 0.163 e. The van der Waals surface area contributed by atoms with Crippen molar-refractivity contribution in [2.75, 3.05) is 26.1 Å². The van der Waals surface area contributed by atoms with Crippen LogP contribution in [-0.2, 0) is 0 Å². The summed E-state index contributed by atoms with van der Waals surface area (Å²) >= 11 is 12.2. The number of aromatic nitrogens is 2. The molecule has 1 N–H and O–H groups in total. The monoisotopic (exact) mass is 472 g/mol. The lowest BCUT2D eigenvalue weighted by Crippen LogP contribution is -2.41. The minimum atomic E-state index is 0.477. The SMILES string of the molecule is COc1cc2c(Nc3ccc(Cl)c(Cl)c3)ncnc2cc1OCC1C[C@H]2CC[C@@H](C1)N2C. The average molecular weight is 473 g/mol. The maximum atomic E-state index is 6.27. The Morgan fingerprint density at radius 1 is 1.03 bits per heavy atom. The fourth-order valence-corrected chi connectivity index (χ4v) is 5.31. The molecular weight excluding hydrogens is 447 g/mol. The van der Waals surface area contributed by atoms with Gasteiger partial charge in [-0.3, -0.25) is 0 Å². The standard InChI is InChI=1S/C24H26Cl2N4O2/c1-30-16-4-5-17(30)8-14(7-16)12-32-23-11-21-18(10-22(23)31-2)24(28-13-27-21)29-15-3-6-19(25)20(26)9-15/h3,6,9-11,13-14,16-17H,4-5,7-8,12H2,1-2H3,(H,27,28,29)/t14?,16-,17+. The number of methoxy groups -OCH3 is 1. The number of nitrogens with one attached hydrogen (secondary N) is 1. The first-order chi connectivity index (χ1) is 15.5. The van der Waals surface area contributed by atoms with E-state index in [1.807, 2.05) is 18.2 Å². The predicted molar refractivity (Wildman–Crippen MR) is 129 cm³/mol. The van der Waals surface area contributed by atoms with Crippen LogP contribution >= 0.6 is 23.2 Å². The van der Waals surface area contributed by atoms with Crippen molar-refractivity contribution < 1.29 is 9.47 Å². The van der Waals surface area contributed by atoms with Crippen LogP contribution < -0.4 is 14.8 Å². The van der Waals surface area contributed by atoms with Gasteiger partial charge in [0.05, 0.1) is 29.3 Å². The summed E-state index contributed by atoms with van der Waals surface area (Å²) in [6.07, 6.45) is 6.55. The summed E-state index contributed by atoms with van der Waals surface area (Å²) in [5.74, 6) is 2.61. The van der Waals surface area contributed by atoms with Crippen LogP contribution in [-0.4, -0.2) is 47.7 Å². The Morgan fingerprint density at radius 2 is 1.81 bits per heavy atom. The van der Waals surface area contributed by atoms with Crippen LogP contribution in [0.25, 0.3) is 10.9 Å². The van der Waals surface area contributed by atoms with Gasteiger partial charge < -0.3 is 19.7 Å². The molecule has 0 saturated carbocycles. The van der Waals surface area contributed by atoms with E-state index in [9.17, 15) is 0 Å². The Balaban J connectivity index is 1.37. The zero-order valence-corrected chi connectivity index (χ0v) is 19.7. The number of benzene rings is 2. The van der Waals surface area contributed by atoms with Gasteiger partial charge in [0.25, 0.3) is 0 Å². The third kappa shape index (κ3) is 4.19. The quantitative estimate of drug-likeness (QED) is 0.478. The van der Waals surface area contributed by atoms with Crippen molar-refractivity contribution in [2.24, 2.45) is 5.92 Å². The van der Waals surface area contributed by atoms with Crippen LogP contribution in [0.15, 0.2) is 36.7 Å². The van der Waals surface area contributed by atoms with Gasteiger partial charge in [-0.05, 0) is 62.9 Å². The molecule has 6 nitrogen and oxygen atoms in total. The van der Waals surface area contributed by atoms with Crippen LogP contribution in [0, 0.1) is 5.92 Å². The van der Waals surface area contributed by atoms with Crippen molar-refractivity contribution in [2.45, 2.75) is 37.8 Å². The number of hydrogen-bond donors (Lipinski definition) is 1. The molecule has 0 spiro atoms. The molecule has 5 rings (SSSR count). The lowest BCUT2D eigenvalue weighted by Gasteiger charge is -2.36. The van der Waals surface area contributed by atoms with E-state index >= 15 is 0 Å². The van der Waals surface area contributed by atoms with Crippen LogP contribution in [0.5, 0.6) is 11.5 Å². The first-order valence-corrected chi connectivity index (χ1v) is 11.7. The smallest absolute Gasteiger partial charge is 0.163 e. The number of fused-ring (bicyclic) bond motifs is 3. The van der Waals surface area contributed by atoms with Gasteiger partial charge in [0.2, 0.25) is 0 Å². The number of halogens is 2. The molecular formula is C24H26Cl2N4O2. The molecule has 3 heterocycles. The van der Waals surface area contributed by atoms with Gasteiger partial charge in [-0.1, -0.05) is 23.2 Å². The Bertz CT molecular complexity index is 1130. The van der Waals surface area contributed by atoms with Gasteiger partial charge in [-0.15, -0.1) is 0 Å². The second kappa shape index (κ2) is 8.93. The van der Waals surface area contributed by atoms with Crippen molar-refractivity contribution in [3.05, 3.63) is 46.7 Å². The molecule has 168 valence electrons. The van der Waals surface area contributed by atoms with Gasteiger partial charge in [0, 0.05) is 29.2 Å². The molecule has 2 bridgehead atoms. The van der Waals surface area contributed by atoms with E-state index in [0.717, 1.165) is 16.6 Å². The maximum absolute atomic E-state index is 6.27. The van der Waals surface area contributed by atoms with Crippen LogP contribution in [0.4, 0.5) is 11.5 Å². The number of nitrogens with zero attached hydrogens (tertiary/aromatic N) is 3. The van der Waals surface area contributed by atoms with Gasteiger partial charge in [-0.25, -0.2) is 9.97 Å². The largest absolute Gasteiger partial charge is 0.493 e. The van der Waals surface area contributed by atoms with Crippen molar-refractivity contribution in [3.63, 3.8) is 0 Å². The van der Waals surface area contributed by atoms with Crippen LogP contribution in [0.2, 0.25) is 10.0 Å². The number of ether oxygens (including phenoxy) is 2. The van der Waals surface area contributed by atoms with Crippen LogP contribution in [0.1, 0.15) is 25.7 Å². The molecule has 2 saturated heterocycles. The summed E-state index contributed by atoms with van der Waals surface area (Å²) in [4.78, 5) is 11.4. The van der Waals surface area contributed by atoms with E-state index in [2.05, 4.69) is 27.2 Å². The highest BCUT2D eigenvalue weighted by molar-refractivity contribution is 6.42. The summed E-state index contributed by atoms with van der Waals surface area (Å²) in [5, 5.41) is 5.11. The van der Waals surface area contributed by atoms with E-state index in [0.29, 0.717) is 52.0 Å². The molecule has 2 fully saturated rings. The molecule has 0 aliphatic carbocycles. The molecule has 2 aliphatic rings. The fraction of sp³-hybridized carbons (Fsp3) is 0.417. The Kier molecular flexibility index (Phi) is 6.01. The molecule has 0 radical (unpaired) electrons. The summed E-state index contributed by atoms with van der Waals surface area (Å²) in [7, 11) is 3.91. The molecule has 3 atom stereocenters. The average Bonchev–Trinajstić information content (AvgIpc) is 2.99. The zero-order chi connectivity index (χ0) is 22.2. The lowest BCUT2D eigenvalue weighted by atomic mass is 9.92. The van der Waals surface area contributed by atoms with Gasteiger partial charge in [0.15, 0.2) is 11.5 Å². The first-order valence-electron chi connectivity index (χ1n) is 10.9. The normalized spacial score (nSPS) is 22.8. The van der Waals surface area contributed by atoms with Crippen molar-refractivity contribution in [3.8, 4) is 11.5 Å². The summed E-state index contributed by atoms with van der Waals surface area (Å²) in [5.41, 5.74) is 1.57.